The zero-order valence-electron chi connectivity index (χ0n) is 12.2. The first-order valence-electron chi connectivity index (χ1n) is 7.07. The van der Waals surface area contributed by atoms with Crippen LogP contribution in [0.25, 0.3) is 0 Å². The number of hydrogen-bond donors (Lipinski definition) is 1. The topological polar surface area (TPSA) is 52.0 Å². The number of aryl methyl sites for hydroxylation is 1. The first-order valence-corrected chi connectivity index (χ1v) is 7.07. The Morgan fingerprint density at radius 3 is 2.95 bits per heavy atom. The lowest BCUT2D eigenvalue weighted by atomic mass is 10.2. The van der Waals surface area contributed by atoms with Crippen molar-refractivity contribution in [1.82, 2.24) is 20.3 Å². The van der Waals surface area contributed by atoms with Crippen LogP contribution in [0.3, 0.4) is 0 Å². The molecule has 1 N–H and O–H groups in total. The van der Waals surface area contributed by atoms with Crippen molar-refractivity contribution in [3.63, 3.8) is 0 Å². The molecule has 5 nitrogen and oxygen atoms in total. The van der Waals surface area contributed by atoms with Crippen molar-refractivity contribution >= 4 is 0 Å². The van der Waals surface area contributed by atoms with Crippen molar-refractivity contribution in [2.45, 2.75) is 33.4 Å². The molecule has 1 aromatic heterocycles. The van der Waals surface area contributed by atoms with Gasteiger partial charge in [-0.15, -0.1) is 5.10 Å². The van der Waals surface area contributed by atoms with E-state index in [2.05, 4.69) is 22.6 Å². The summed E-state index contributed by atoms with van der Waals surface area (Å²) in [5, 5.41) is 11.5. The summed E-state index contributed by atoms with van der Waals surface area (Å²) in [6, 6.07) is 8.02. The summed E-state index contributed by atoms with van der Waals surface area (Å²) in [7, 11) is 0. The Bertz CT molecular complexity index is 524. The van der Waals surface area contributed by atoms with Crippen LogP contribution in [0.1, 0.15) is 24.6 Å². The summed E-state index contributed by atoms with van der Waals surface area (Å²) in [6.07, 6.45) is 3.09. The van der Waals surface area contributed by atoms with E-state index in [0.717, 1.165) is 36.5 Å². The monoisotopic (exact) mass is 274 g/mol. The molecule has 1 heterocycles. The van der Waals surface area contributed by atoms with Crippen molar-refractivity contribution in [3.05, 3.63) is 41.7 Å². The van der Waals surface area contributed by atoms with E-state index in [1.165, 1.54) is 0 Å². The lowest BCUT2D eigenvalue weighted by Crippen LogP contribution is -2.14. The first-order chi connectivity index (χ1) is 9.79. The second kappa shape index (κ2) is 7.65. The number of ether oxygens (including phenoxy) is 1. The van der Waals surface area contributed by atoms with Gasteiger partial charge in [0.2, 0.25) is 0 Å². The van der Waals surface area contributed by atoms with E-state index in [9.17, 15) is 0 Å². The average molecular weight is 274 g/mol. The normalized spacial score (nSPS) is 10.7. The van der Waals surface area contributed by atoms with E-state index in [0.29, 0.717) is 13.2 Å². The lowest BCUT2D eigenvalue weighted by molar-refractivity contribution is 0.288. The van der Waals surface area contributed by atoms with Gasteiger partial charge < -0.3 is 10.1 Å². The third kappa shape index (κ3) is 4.35. The third-order valence-electron chi connectivity index (χ3n) is 2.99. The molecule has 0 aliphatic carbocycles. The summed E-state index contributed by atoms with van der Waals surface area (Å²) < 4.78 is 7.56. The summed E-state index contributed by atoms with van der Waals surface area (Å²) >= 11 is 0. The lowest BCUT2D eigenvalue weighted by Gasteiger charge is -2.08. The SMILES string of the molecule is CCCNCc1cn(CCOc2ccccc2C)nn1. The molecule has 0 fully saturated rings. The Labute approximate surface area is 120 Å². The number of rotatable bonds is 8. The molecular weight excluding hydrogens is 252 g/mol. The van der Waals surface area contributed by atoms with Gasteiger partial charge in [0.1, 0.15) is 12.4 Å². The molecular formula is C15H22N4O. The van der Waals surface area contributed by atoms with Crippen LogP contribution in [0.15, 0.2) is 30.5 Å². The summed E-state index contributed by atoms with van der Waals surface area (Å²) in [5.41, 5.74) is 2.12. The fourth-order valence-corrected chi connectivity index (χ4v) is 1.89. The Morgan fingerprint density at radius 2 is 2.15 bits per heavy atom. The van der Waals surface area contributed by atoms with E-state index in [1.54, 1.807) is 0 Å². The molecule has 0 saturated heterocycles. The fraction of sp³-hybridized carbons (Fsp3) is 0.467. The second-order valence-corrected chi connectivity index (χ2v) is 4.76. The van der Waals surface area contributed by atoms with Crippen LogP contribution in [0, 0.1) is 6.92 Å². The molecule has 0 bridgehead atoms. The minimum absolute atomic E-state index is 0.593. The Kier molecular flexibility index (Phi) is 5.55. The maximum atomic E-state index is 5.74. The fourth-order valence-electron chi connectivity index (χ4n) is 1.89. The van der Waals surface area contributed by atoms with Gasteiger partial charge >= 0.3 is 0 Å². The van der Waals surface area contributed by atoms with Crippen LogP contribution < -0.4 is 10.1 Å². The van der Waals surface area contributed by atoms with Gasteiger partial charge in [-0.3, -0.25) is 0 Å². The van der Waals surface area contributed by atoms with E-state index in [-0.39, 0.29) is 0 Å². The molecule has 2 aromatic rings. The highest BCUT2D eigenvalue weighted by molar-refractivity contribution is 5.31. The molecule has 0 saturated carbocycles. The minimum atomic E-state index is 0.593. The number of nitrogens with zero attached hydrogens (tertiary/aromatic N) is 3. The molecule has 0 unspecified atom stereocenters. The molecule has 0 radical (unpaired) electrons. The van der Waals surface area contributed by atoms with E-state index in [4.69, 9.17) is 4.74 Å². The average Bonchev–Trinajstić information content (AvgIpc) is 2.89. The van der Waals surface area contributed by atoms with Crippen LogP contribution in [-0.4, -0.2) is 28.1 Å². The van der Waals surface area contributed by atoms with Gasteiger partial charge in [-0.1, -0.05) is 30.3 Å². The number of para-hydroxylation sites is 1. The van der Waals surface area contributed by atoms with Crippen molar-refractivity contribution in [2.75, 3.05) is 13.2 Å². The highest BCUT2D eigenvalue weighted by Gasteiger charge is 2.01. The van der Waals surface area contributed by atoms with Crippen molar-refractivity contribution in [1.29, 1.82) is 0 Å². The predicted molar refractivity (Wildman–Crippen MR) is 78.7 cm³/mol. The molecule has 5 heteroatoms. The molecule has 2 rings (SSSR count). The quantitative estimate of drug-likeness (QED) is 0.750. The zero-order valence-corrected chi connectivity index (χ0v) is 12.2. The number of nitrogens with one attached hydrogen (secondary N) is 1. The Hall–Kier alpha value is -1.88. The maximum Gasteiger partial charge on any atom is 0.122 e. The van der Waals surface area contributed by atoms with Gasteiger partial charge in [-0.25, -0.2) is 4.68 Å². The number of hydrogen-bond acceptors (Lipinski definition) is 4. The molecule has 108 valence electrons. The van der Waals surface area contributed by atoms with Gasteiger partial charge in [0.25, 0.3) is 0 Å². The van der Waals surface area contributed by atoms with Crippen molar-refractivity contribution in [3.8, 4) is 5.75 Å². The molecule has 1 aromatic carbocycles. The zero-order chi connectivity index (χ0) is 14.2. The third-order valence-corrected chi connectivity index (χ3v) is 2.99. The number of benzene rings is 1. The van der Waals surface area contributed by atoms with Crippen molar-refractivity contribution < 1.29 is 4.74 Å². The molecule has 0 spiro atoms. The largest absolute Gasteiger partial charge is 0.491 e. The van der Waals surface area contributed by atoms with Gasteiger partial charge in [-0.2, -0.15) is 0 Å². The van der Waals surface area contributed by atoms with Gasteiger partial charge in [0.05, 0.1) is 12.2 Å². The summed E-state index contributed by atoms with van der Waals surface area (Å²) in [4.78, 5) is 0. The molecule has 20 heavy (non-hydrogen) atoms. The smallest absolute Gasteiger partial charge is 0.122 e. The van der Waals surface area contributed by atoms with E-state index < -0.39 is 0 Å². The Balaban J connectivity index is 1.75. The maximum absolute atomic E-state index is 5.74. The second-order valence-electron chi connectivity index (χ2n) is 4.76. The summed E-state index contributed by atoms with van der Waals surface area (Å²) in [6.45, 7) is 7.26. The van der Waals surface area contributed by atoms with Crippen LogP contribution in [-0.2, 0) is 13.1 Å². The van der Waals surface area contributed by atoms with E-state index in [1.807, 2.05) is 42.1 Å². The first kappa shape index (κ1) is 14.5. The van der Waals surface area contributed by atoms with Crippen molar-refractivity contribution in [2.24, 2.45) is 0 Å². The highest BCUT2D eigenvalue weighted by Crippen LogP contribution is 2.15. The standard InChI is InChI=1S/C15H22N4O/c1-3-8-16-11-14-12-19(18-17-14)9-10-20-15-7-5-4-6-13(15)2/h4-7,12,16H,3,8-11H2,1-2H3. The molecule has 0 atom stereocenters. The van der Waals surface area contributed by atoms with Crippen LogP contribution in [0.4, 0.5) is 0 Å². The van der Waals surface area contributed by atoms with Gasteiger partial charge in [0.15, 0.2) is 0 Å². The Morgan fingerprint density at radius 1 is 1.30 bits per heavy atom. The van der Waals surface area contributed by atoms with Gasteiger partial charge in [0, 0.05) is 12.7 Å². The van der Waals surface area contributed by atoms with Gasteiger partial charge in [-0.05, 0) is 31.5 Å². The predicted octanol–water partition coefficient (Wildman–Crippen LogP) is 2.17. The number of aromatic nitrogens is 3. The molecule has 0 aliphatic rings. The summed E-state index contributed by atoms with van der Waals surface area (Å²) in [5.74, 6) is 0.928. The van der Waals surface area contributed by atoms with Crippen LogP contribution >= 0.6 is 0 Å². The minimum Gasteiger partial charge on any atom is -0.491 e. The highest BCUT2D eigenvalue weighted by atomic mass is 16.5. The van der Waals surface area contributed by atoms with Crippen LogP contribution in [0.5, 0.6) is 5.75 Å². The van der Waals surface area contributed by atoms with Crippen LogP contribution in [0.2, 0.25) is 0 Å². The molecule has 0 amide bonds. The molecule has 0 aliphatic heterocycles. The van der Waals surface area contributed by atoms with E-state index >= 15 is 0 Å².